The monoisotopic (exact) mass is 450 g/mol. The fraction of sp³-hybridized carbons (Fsp3) is 0. The number of rotatable bonds is 0. The number of nitroso groups, excluding NO2 is 4. The average molecular weight is 450 g/mol. The van der Waals surface area contributed by atoms with Gasteiger partial charge in [0.1, 0.15) is 22.4 Å². The van der Waals surface area contributed by atoms with Gasteiger partial charge in [-0.15, -0.1) is 19.6 Å². The Morgan fingerprint density at radius 1 is 0.458 bits per heavy atom. The Bertz CT molecular complexity index is 390. The van der Waals surface area contributed by atoms with Crippen LogP contribution >= 0.6 is 0 Å². The standard InChI is InChI=1S/2C6H6S.2Fe.4NO/c2*7-6-4-2-1-3-5-6;;;4*1-2/h2*1-5,7H;;;;;;/p-2. The van der Waals surface area contributed by atoms with E-state index in [1.807, 2.05) is 60.7 Å². The molecule has 0 N–H and O–H groups in total. The molecule has 8 nitrogen and oxygen atoms in total. The van der Waals surface area contributed by atoms with Crippen LogP contribution in [0, 0.1) is 19.6 Å². The van der Waals surface area contributed by atoms with Crippen LogP contribution in [0.15, 0.2) is 70.5 Å². The minimum Gasteiger partial charge on any atom is -0.780 e. The number of hydrogen-bond donors (Lipinski definition) is 0. The van der Waals surface area contributed by atoms with Crippen molar-refractivity contribution >= 4 is 25.3 Å². The zero-order valence-electron chi connectivity index (χ0n) is 11.7. The van der Waals surface area contributed by atoms with Crippen molar-refractivity contribution in [1.82, 2.24) is 22.4 Å². The summed E-state index contributed by atoms with van der Waals surface area (Å²) >= 11 is 9.62. The molecule has 0 aliphatic carbocycles. The first kappa shape index (κ1) is 38.1. The predicted molar refractivity (Wildman–Crippen MR) is 86.2 cm³/mol. The molecule has 24 heavy (non-hydrogen) atoms. The Morgan fingerprint density at radius 2 is 0.625 bits per heavy atom. The maximum absolute atomic E-state index is 7.25. The van der Waals surface area contributed by atoms with Crippen LogP contribution in [-0.4, -0.2) is 0 Å². The molecule has 4 radical (unpaired) electrons. The molecule has 2 aromatic carbocycles. The average Bonchev–Trinajstić information content (AvgIpc) is 2.64. The Morgan fingerprint density at radius 3 is 0.708 bits per heavy atom. The Kier molecular flexibility index (Phi) is 68.1. The molecule has 0 bridgehead atoms. The van der Waals surface area contributed by atoms with Crippen molar-refractivity contribution in [2.24, 2.45) is 0 Å². The van der Waals surface area contributed by atoms with E-state index in [1.54, 1.807) is 0 Å². The molecule has 0 aromatic heterocycles. The third-order valence-corrected chi connectivity index (χ3v) is 2.03. The SMILES string of the molecule is [Fe].[Fe].[N]=O.[N]=O.[N]=O.[N]=O.[S-]c1ccccc1.[S-]c1ccccc1. The van der Waals surface area contributed by atoms with Gasteiger partial charge in [-0.25, -0.2) is 0 Å². The predicted octanol–water partition coefficient (Wildman–Crippen LogP) is 1.39. The van der Waals surface area contributed by atoms with E-state index in [4.69, 9.17) is 67.3 Å². The maximum atomic E-state index is 7.25. The zero-order valence-corrected chi connectivity index (χ0v) is 15.6. The first-order chi connectivity index (χ1) is 10.8. The molecule has 0 saturated carbocycles. The second-order valence-corrected chi connectivity index (χ2v) is 3.57. The summed E-state index contributed by atoms with van der Waals surface area (Å²) in [4.78, 5) is 30.8. The number of benzene rings is 2. The normalized spacial score (nSPS) is 5.67. The van der Waals surface area contributed by atoms with Gasteiger partial charge in [0.05, 0.1) is 0 Å². The fourth-order valence-electron chi connectivity index (χ4n) is 0.841. The summed E-state index contributed by atoms with van der Waals surface area (Å²) < 4.78 is 0. The van der Waals surface area contributed by atoms with E-state index < -0.39 is 0 Å². The molecule has 0 atom stereocenters. The molecule has 0 unspecified atom stereocenters. The first-order valence-corrected chi connectivity index (χ1v) is 5.78. The van der Waals surface area contributed by atoms with Gasteiger partial charge in [-0.3, -0.25) is 0 Å². The van der Waals surface area contributed by atoms with Gasteiger partial charge in [0, 0.05) is 34.1 Å². The van der Waals surface area contributed by atoms with Crippen molar-refractivity contribution in [3.05, 3.63) is 80.3 Å². The van der Waals surface area contributed by atoms with Crippen LogP contribution in [0.3, 0.4) is 0 Å². The summed E-state index contributed by atoms with van der Waals surface area (Å²) in [6.07, 6.45) is 0. The largest absolute Gasteiger partial charge is 0.780 e. The van der Waals surface area contributed by atoms with Gasteiger partial charge in [0.2, 0.25) is 0 Å². The molecular weight excluding hydrogens is 440 g/mol. The topological polar surface area (TPSA) is 157 Å². The van der Waals surface area contributed by atoms with Gasteiger partial charge in [-0.2, -0.15) is 9.79 Å². The molecule has 0 saturated heterocycles. The number of hydrogen-bond acceptors (Lipinski definition) is 6. The van der Waals surface area contributed by atoms with Crippen molar-refractivity contribution in [2.75, 3.05) is 0 Å². The Labute approximate surface area is 171 Å². The molecule has 2 rings (SSSR count). The van der Waals surface area contributed by atoms with E-state index >= 15 is 0 Å². The van der Waals surface area contributed by atoms with Crippen molar-refractivity contribution in [1.29, 1.82) is 0 Å². The van der Waals surface area contributed by atoms with Gasteiger partial charge in [0.25, 0.3) is 0 Å². The summed E-state index contributed by atoms with van der Waals surface area (Å²) in [6, 6.07) is 19.2. The summed E-state index contributed by atoms with van der Waals surface area (Å²) in [5.74, 6) is 0. The summed E-state index contributed by atoms with van der Waals surface area (Å²) in [7, 11) is 0. The third kappa shape index (κ3) is 37.0. The van der Waals surface area contributed by atoms with Crippen LogP contribution in [0.1, 0.15) is 0 Å². The van der Waals surface area contributed by atoms with Crippen LogP contribution in [-0.2, 0) is 59.4 Å². The van der Waals surface area contributed by atoms with E-state index in [2.05, 4.69) is 0 Å². The smallest absolute Gasteiger partial charge is 0.120 e. The van der Waals surface area contributed by atoms with E-state index in [-0.39, 0.29) is 34.1 Å². The number of nitrogens with zero attached hydrogens (tertiary/aromatic N) is 4. The Hall–Kier alpha value is -1.68. The second-order valence-electron chi connectivity index (χ2n) is 2.63. The van der Waals surface area contributed by atoms with Gasteiger partial charge in [-0.05, 0) is 0 Å². The molecule has 0 spiro atoms. The van der Waals surface area contributed by atoms with E-state index in [0.29, 0.717) is 0 Å². The minimum atomic E-state index is 0. The minimum absolute atomic E-state index is 0. The van der Waals surface area contributed by atoms with Gasteiger partial charge >= 0.3 is 0 Å². The van der Waals surface area contributed by atoms with E-state index in [9.17, 15) is 0 Å². The van der Waals surface area contributed by atoms with Crippen molar-refractivity contribution < 1.29 is 34.1 Å². The molecule has 2 aromatic rings. The van der Waals surface area contributed by atoms with Gasteiger partial charge in [-0.1, -0.05) is 60.7 Å². The summed E-state index contributed by atoms with van der Waals surface area (Å²) in [6.45, 7) is 0. The molecule has 0 fully saturated rings. The Balaban J connectivity index is -0.0000000452. The fourth-order valence-corrected chi connectivity index (χ4v) is 1.16. The van der Waals surface area contributed by atoms with Crippen molar-refractivity contribution in [3.63, 3.8) is 0 Å². The van der Waals surface area contributed by atoms with Crippen LogP contribution in [0.2, 0.25) is 0 Å². The third-order valence-electron chi connectivity index (χ3n) is 1.49. The van der Waals surface area contributed by atoms with Crippen LogP contribution < -0.4 is 22.4 Å². The molecule has 0 aliphatic rings. The molecule has 0 aliphatic heterocycles. The molecule has 12 heteroatoms. The summed E-state index contributed by atoms with van der Waals surface area (Å²) in [5.41, 5.74) is 23.0. The molecular formula is C12H10Fe2N4O4S2-2. The van der Waals surface area contributed by atoms with Crippen LogP contribution in [0.4, 0.5) is 0 Å². The van der Waals surface area contributed by atoms with E-state index in [1.165, 1.54) is 0 Å². The first-order valence-electron chi connectivity index (χ1n) is 4.96. The summed E-state index contributed by atoms with van der Waals surface area (Å²) in [5, 5.41) is 0. The molecule has 0 heterocycles. The molecule has 132 valence electrons. The maximum Gasteiger partial charge on any atom is 0.120 e. The zero-order chi connectivity index (χ0) is 18.2. The van der Waals surface area contributed by atoms with Gasteiger partial charge < -0.3 is 25.3 Å². The van der Waals surface area contributed by atoms with Crippen LogP contribution in [0.5, 0.6) is 0 Å². The van der Waals surface area contributed by atoms with Crippen molar-refractivity contribution in [3.8, 4) is 0 Å². The van der Waals surface area contributed by atoms with E-state index in [0.717, 1.165) is 9.79 Å². The molecule has 0 amide bonds. The van der Waals surface area contributed by atoms with Crippen molar-refractivity contribution in [2.45, 2.75) is 9.79 Å². The quantitative estimate of drug-likeness (QED) is 0.436. The van der Waals surface area contributed by atoms with Gasteiger partial charge in [0.15, 0.2) is 0 Å². The van der Waals surface area contributed by atoms with Crippen LogP contribution in [0.25, 0.3) is 0 Å². The second kappa shape index (κ2) is 42.9.